The second kappa shape index (κ2) is 7.44. The number of fused-ring (bicyclic) bond motifs is 1. The molecule has 0 saturated carbocycles. The number of nitrogens with one attached hydrogen (secondary N) is 1. The first kappa shape index (κ1) is 17.1. The van der Waals surface area contributed by atoms with Gasteiger partial charge in [0.1, 0.15) is 11.9 Å². The Bertz CT molecular complexity index is 794. The first-order valence-corrected chi connectivity index (χ1v) is 8.01. The van der Waals surface area contributed by atoms with Gasteiger partial charge in [0.15, 0.2) is 0 Å². The number of nitrogens with zero attached hydrogens (tertiary/aromatic N) is 1. The summed E-state index contributed by atoms with van der Waals surface area (Å²) in [5.41, 5.74) is 2.27. The lowest BCUT2D eigenvalue weighted by molar-refractivity contribution is -0.148. The summed E-state index contributed by atoms with van der Waals surface area (Å²) in [5, 5.41) is 2.55. The molecule has 25 heavy (non-hydrogen) atoms. The van der Waals surface area contributed by atoms with Crippen LogP contribution in [0.5, 0.6) is 0 Å². The summed E-state index contributed by atoms with van der Waals surface area (Å²) in [6.45, 7) is 0.434. The van der Waals surface area contributed by atoms with Gasteiger partial charge in [0, 0.05) is 6.54 Å². The van der Waals surface area contributed by atoms with Crippen molar-refractivity contribution in [3.05, 3.63) is 65.5 Å². The molecule has 1 aliphatic rings. The molecule has 1 aliphatic heterocycles. The Labute approximate surface area is 145 Å². The van der Waals surface area contributed by atoms with E-state index in [1.54, 1.807) is 17.0 Å². The molecular formula is C19H19FN2O3. The van der Waals surface area contributed by atoms with Gasteiger partial charge in [-0.2, -0.15) is 0 Å². The third-order valence-electron chi connectivity index (χ3n) is 4.31. The first-order valence-electron chi connectivity index (χ1n) is 8.01. The molecule has 0 saturated heterocycles. The van der Waals surface area contributed by atoms with E-state index in [0.29, 0.717) is 13.0 Å². The second-order valence-electron chi connectivity index (χ2n) is 5.94. The molecule has 1 atom stereocenters. The summed E-state index contributed by atoms with van der Waals surface area (Å²) in [6.07, 6.45) is 0.482. The topological polar surface area (TPSA) is 58.6 Å². The van der Waals surface area contributed by atoms with Crippen molar-refractivity contribution in [2.45, 2.75) is 19.0 Å². The Morgan fingerprint density at radius 1 is 1.16 bits per heavy atom. The zero-order chi connectivity index (χ0) is 17.8. The molecule has 3 rings (SSSR count). The number of carbonyl (C=O) groups excluding carboxylic acids is 2. The van der Waals surface area contributed by atoms with E-state index in [4.69, 9.17) is 4.74 Å². The number of rotatable bonds is 4. The van der Waals surface area contributed by atoms with Gasteiger partial charge in [-0.15, -0.1) is 0 Å². The normalized spacial score (nSPS) is 16.8. The number of para-hydroxylation sites is 1. The molecule has 0 aliphatic carbocycles. The maximum absolute atomic E-state index is 13.7. The molecule has 2 aromatic carbocycles. The molecule has 5 nitrogen and oxygen atoms in total. The molecule has 2 aromatic rings. The number of amides is 1. The van der Waals surface area contributed by atoms with Crippen molar-refractivity contribution in [1.82, 2.24) is 4.90 Å². The Balaban J connectivity index is 1.75. The number of hydrogen-bond acceptors (Lipinski definition) is 4. The summed E-state index contributed by atoms with van der Waals surface area (Å²) >= 11 is 0. The zero-order valence-electron chi connectivity index (χ0n) is 13.9. The highest BCUT2D eigenvalue weighted by atomic mass is 19.1. The highest BCUT2D eigenvalue weighted by Crippen LogP contribution is 2.24. The number of hydrogen-bond donors (Lipinski definition) is 1. The Morgan fingerprint density at radius 3 is 2.56 bits per heavy atom. The SMILES string of the molecule is COC(=O)[C@@H]1Cc2ccccc2CN1CC(=O)Nc1ccccc1F. The molecular weight excluding hydrogens is 323 g/mol. The molecule has 1 heterocycles. The average Bonchev–Trinajstić information content (AvgIpc) is 2.62. The minimum absolute atomic E-state index is 0.0254. The molecule has 6 heteroatoms. The average molecular weight is 342 g/mol. The van der Waals surface area contributed by atoms with Gasteiger partial charge in [-0.25, -0.2) is 4.39 Å². The van der Waals surface area contributed by atoms with E-state index < -0.39 is 11.9 Å². The van der Waals surface area contributed by atoms with Crippen LogP contribution in [-0.2, 0) is 27.3 Å². The van der Waals surface area contributed by atoms with Gasteiger partial charge in [-0.05, 0) is 29.7 Å². The van der Waals surface area contributed by atoms with Gasteiger partial charge in [-0.1, -0.05) is 36.4 Å². The molecule has 0 radical (unpaired) electrons. The number of benzene rings is 2. The van der Waals surface area contributed by atoms with E-state index >= 15 is 0 Å². The monoisotopic (exact) mass is 342 g/mol. The fourth-order valence-electron chi connectivity index (χ4n) is 3.05. The van der Waals surface area contributed by atoms with Crippen molar-refractivity contribution in [2.75, 3.05) is 19.0 Å². The van der Waals surface area contributed by atoms with Crippen LogP contribution in [-0.4, -0.2) is 36.5 Å². The quantitative estimate of drug-likeness (QED) is 0.867. The number of halogens is 1. The van der Waals surface area contributed by atoms with Gasteiger partial charge in [0.2, 0.25) is 5.91 Å². The zero-order valence-corrected chi connectivity index (χ0v) is 13.9. The highest BCUT2D eigenvalue weighted by molar-refractivity contribution is 5.92. The number of esters is 1. The summed E-state index contributed by atoms with van der Waals surface area (Å²) in [6, 6.07) is 13.2. The van der Waals surface area contributed by atoms with Gasteiger partial charge in [-0.3, -0.25) is 14.5 Å². The number of anilines is 1. The number of carbonyl (C=O) groups is 2. The maximum Gasteiger partial charge on any atom is 0.323 e. The molecule has 0 bridgehead atoms. The predicted molar refractivity (Wildman–Crippen MR) is 91.4 cm³/mol. The lowest BCUT2D eigenvalue weighted by Gasteiger charge is -2.34. The Kier molecular flexibility index (Phi) is 5.09. The largest absolute Gasteiger partial charge is 0.468 e. The van der Waals surface area contributed by atoms with Crippen molar-refractivity contribution in [1.29, 1.82) is 0 Å². The van der Waals surface area contributed by atoms with Crippen LogP contribution in [0.2, 0.25) is 0 Å². The second-order valence-corrected chi connectivity index (χ2v) is 5.94. The van der Waals surface area contributed by atoms with E-state index in [1.165, 1.54) is 19.2 Å². The van der Waals surface area contributed by atoms with Crippen molar-refractivity contribution < 1.29 is 18.7 Å². The van der Waals surface area contributed by atoms with E-state index in [0.717, 1.165) is 11.1 Å². The molecule has 1 amide bonds. The van der Waals surface area contributed by atoms with Crippen LogP contribution in [0.25, 0.3) is 0 Å². The smallest absolute Gasteiger partial charge is 0.323 e. The van der Waals surface area contributed by atoms with Crippen molar-refractivity contribution in [2.24, 2.45) is 0 Å². The Morgan fingerprint density at radius 2 is 1.84 bits per heavy atom. The van der Waals surface area contributed by atoms with E-state index in [9.17, 15) is 14.0 Å². The van der Waals surface area contributed by atoms with E-state index in [1.807, 2.05) is 24.3 Å². The van der Waals surface area contributed by atoms with E-state index in [-0.39, 0.29) is 24.1 Å². The van der Waals surface area contributed by atoms with Crippen molar-refractivity contribution >= 4 is 17.6 Å². The number of ether oxygens (including phenoxy) is 1. The first-order chi connectivity index (χ1) is 12.1. The van der Waals surface area contributed by atoms with Crippen LogP contribution < -0.4 is 5.32 Å². The van der Waals surface area contributed by atoms with Crippen molar-refractivity contribution in [3.63, 3.8) is 0 Å². The summed E-state index contributed by atoms with van der Waals surface area (Å²) in [5.74, 6) is -1.25. The maximum atomic E-state index is 13.7. The molecule has 0 unspecified atom stereocenters. The Hall–Kier alpha value is -2.73. The molecule has 0 spiro atoms. The minimum Gasteiger partial charge on any atom is -0.468 e. The van der Waals surface area contributed by atoms with Crippen molar-refractivity contribution in [3.8, 4) is 0 Å². The predicted octanol–water partition coefficient (Wildman–Crippen LogP) is 2.36. The third kappa shape index (κ3) is 3.85. The van der Waals surface area contributed by atoms with Crippen LogP contribution >= 0.6 is 0 Å². The molecule has 130 valence electrons. The standard InChI is InChI=1S/C19H19FN2O3/c1-25-19(24)17-10-13-6-2-3-7-14(13)11-22(17)12-18(23)21-16-9-5-4-8-15(16)20/h2-9,17H,10-12H2,1H3,(H,21,23)/t17-/m0/s1. The molecule has 1 N–H and O–H groups in total. The summed E-state index contributed by atoms with van der Waals surface area (Å²) < 4.78 is 18.6. The van der Waals surface area contributed by atoms with Crippen LogP contribution in [0.3, 0.4) is 0 Å². The number of methoxy groups -OCH3 is 1. The lowest BCUT2D eigenvalue weighted by Crippen LogP contribution is -2.49. The molecule has 0 fully saturated rings. The van der Waals surface area contributed by atoms with Crippen LogP contribution in [0.1, 0.15) is 11.1 Å². The van der Waals surface area contributed by atoms with Gasteiger partial charge >= 0.3 is 5.97 Å². The third-order valence-corrected chi connectivity index (χ3v) is 4.31. The summed E-state index contributed by atoms with van der Waals surface area (Å²) in [7, 11) is 1.33. The highest BCUT2D eigenvalue weighted by Gasteiger charge is 2.33. The van der Waals surface area contributed by atoms with Crippen LogP contribution in [0.15, 0.2) is 48.5 Å². The van der Waals surface area contributed by atoms with Gasteiger partial charge in [0.05, 0.1) is 19.3 Å². The molecule has 0 aromatic heterocycles. The van der Waals surface area contributed by atoms with E-state index in [2.05, 4.69) is 5.32 Å². The summed E-state index contributed by atoms with van der Waals surface area (Å²) in [4.78, 5) is 26.2. The fraction of sp³-hybridized carbons (Fsp3) is 0.263. The van der Waals surface area contributed by atoms with Crippen LogP contribution in [0.4, 0.5) is 10.1 Å². The van der Waals surface area contributed by atoms with Crippen LogP contribution in [0, 0.1) is 5.82 Å². The fourth-order valence-corrected chi connectivity index (χ4v) is 3.05. The van der Waals surface area contributed by atoms with Gasteiger partial charge < -0.3 is 10.1 Å². The minimum atomic E-state index is -0.536. The van der Waals surface area contributed by atoms with Gasteiger partial charge in [0.25, 0.3) is 0 Å². The lowest BCUT2D eigenvalue weighted by atomic mass is 9.94.